The fourth-order valence-electron chi connectivity index (χ4n) is 16.3. The molecule has 16 unspecified atom stereocenters. The molecule has 7 aliphatic rings. The SMILES string of the molecule is CCNCC1C2c3[nH]ccc3C3CC(=O)CC4NCC(C(CCCO)C1C1CCC5(C#CC(CC(O)C(O)CC(C6=CCNC(N)=C6)c6ccc7ccccc7c6)c6cc(O)c(OC)cc6CCC5=O)C(O)C1)C2C43. The number of phenolic OH excluding ortho intramolecular Hbond substituents is 1. The Morgan fingerprint density at radius 1 is 0.973 bits per heavy atom. The molecule has 4 fully saturated rings. The maximum absolute atomic E-state index is 15.0. The zero-order chi connectivity index (χ0) is 52.1. The average Bonchev–Trinajstić information content (AvgIpc) is 3.92. The van der Waals surface area contributed by atoms with Gasteiger partial charge >= 0.3 is 0 Å². The first-order valence-corrected chi connectivity index (χ1v) is 28.0. The number of fused-ring (bicyclic) bond motifs is 5. The number of carbonyl (C=O) groups excluding carboxylic acids is 2. The molecule has 16 atom stereocenters. The largest absolute Gasteiger partial charge is 0.504 e. The van der Waals surface area contributed by atoms with Gasteiger partial charge in [0.1, 0.15) is 11.2 Å². The van der Waals surface area contributed by atoms with Gasteiger partial charge in [0.25, 0.3) is 0 Å². The Morgan fingerprint density at radius 3 is 2.60 bits per heavy atom. The Balaban J connectivity index is 0.912. The summed E-state index contributed by atoms with van der Waals surface area (Å²) in [5.41, 5.74) is 10.8. The first kappa shape index (κ1) is 51.6. The highest BCUT2D eigenvalue weighted by Gasteiger charge is 2.63. The number of aliphatic hydroxyl groups is 4. The molecule has 3 saturated carbocycles. The number of hydrogen-bond acceptors (Lipinski definition) is 12. The van der Waals surface area contributed by atoms with Crippen molar-refractivity contribution in [2.45, 2.75) is 126 Å². The first-order valence-electron chi connectivity index (χ1n) is 28.0. The highest BCUT2D eigenvalue weighted by molar-refractivity contribution is 5.89. The molecule has 13 heteroatoms. The summed E-state index contributed by atoms with van der Waals surface area (Å²) in [4.78, 5) is 32.0. The van der Waals surface area contributed by atoms with Gasteiger partial charge in [-0.25, -0.2) is 0 Å². The summed E-state index contributed by atoms with van der Waals surface area (Å²) in [7, 11) is 1.49. The lowest BCUT2D eigenvalue weighted by molar-refractivity contribution is -0.140. The van der Waals surface area contributed by atoms with E-state index in [4.69, 9.17) is 10.5 Å². The number of aromatic nitrogens is 1. The molecular formula is C62H77N5O8. The van der Waals surface area contributed by atoms with Crippen molar-refractivity contribution in [2.75, 3.05) is 39.9 Å². The quantitative estimate of drug-likeness (QED) is 0.0573. The number of aromatic amines is 1. The molecule has 0 bridgehead atoms. The molecular weight excluding hydrogens is 943 g/mol. The zero-order valence-electron chi connectivity index (χ0n) is 43.5. The number of aromatic hydroxyl groups is 1. The summed E-state index contributed by atoms with van der Waals surface area (Å²) >= 11 is 0. The average molecular weight is 1020 g/mol. The topological polar surface area (TPSA) is 222 Å². The normalized spacial score (nSPS) is 33.1. The van der Waals surface area contributed by atoms with E-state index in [0.29, 0.717) is 86.4 Å². The summed E-state index contributed by atoms with van der Waals surface area (Å²) in [6.45, 7) is 5.23. The molecule has 2 aliphatic heterocycles. The summed E-state index contributed by atoms with van der Waals surface area (Å²) in [6.07, 6.45) is 7.29. The third-order valence-corrected chi connectivity index (χ3v) is 19.6. The minimum absolute atomic E-state index is 0.00917. The van der Waals surface area contributed by atoms with Crippen LogP contribution in [0, 0.1) is 58.7 Å². The van der Waals surface area contributed by atoms with E-state index in [0.717, 1.165) is 53.5 Å². The Hall–Kier alpha value is -5.46. The summed E-state index contributed by atoms with van der Waals surface area (Å²) < 4.78 is 5.57. The van der Waals surface area contributed by atoms with Gasteiger partial charge < -0.3 is 56.9 Å². The molecule has 398 valence electrons. The maximum atomic E-state index is 15.0. The molecule has 11 rings (SSSR count). The lowest BCUT2D eigenvalue weighted by atomic mass is 9.43. The van der Waals surface area contributed by atoms with Crippen LogP contribution in [0.15, 0.2) is 90.4 Å². The Bertz CT molecular complexity index is 2900. The number of H-pyrrole nitrogens is 1. The molecule has 0 amide bonds. The van der Waals surface area contributed by atoms with Crippen molar-refractivity contribution in [3.05, 3.63) is 118 Å². The number of ketones is 2. The van der Waals surface area contributed by atoms with E-state index in [2.05, 4.69) is 88.4 Å². The highest BCUT2D eigenvalue weighted by atomic mass is 16.5. The summed E-state index contributed by atoms with van der Waals surface area (Å²) in [5, 5.41) is 71.8. The lowest BCUT2D eigenvalue weighted by Gasteiger charge is -2.64. The number of phenols is 1. The van der Waals surface area contributed by atoms with E-state index < -0.39 is 29.6 Å². The molecule has 3 heterocycles. The number of rotatable bonds is 15. The van der Waals surface area contributed by atoms with E-state index >= 15 is 4.79 Å². The zero-order valence-corrected chi connectivity index (χ0v) is 43.5. The van der Waals surface area contributed by atoms with Crippen molar-refractivity contribution in [1.82, 2.24) is 20.9 Å². The van der Waals surface area contributed by atoms with Gasteiger partial charge in [-0.05, 0) is 181 Å². The van der Waals surface area contributed by atoms with Crippen LogP contribution in [0.1, 0.15) is 123 Å². The van der Waals surface area contributed by atoms with Crippen molar-refractivity contribution in [1.29, 1.82) is 0 Å². The van der Waals surface area contributed by atoms with Gasteiger partial charge in [0.05, 0.1) is 31.2 Å². The molecule has 5 aliphatic carbocycles. The molecule has 3 aromatic carbocycles. The van der Waals surface area contributed by atoms with Crippen molar-refractivity contribution >= 4 is 22.3 Å². The third-order valence-electron chi connectivity index (χ3n) is 19.6. The fraction of sp³-hybridized carbons (Fsp3) is 0.548. The number of allylic oxidation sites excluding steroid dienone is 2. The number of carbonyl (C=O) groups is 2. The fourth-order valence-corrected chi connectivity index (χ4v) is 16.3. The van der Waals surface area contributed by atoms with Crippen LogP contribution in [-0.4, -0.2) is 106 Å². The van der Waals surface area contributed by atoms with Gasteiger partial charge in [-0.15, -0.1) is 0 Å². The number of piperidine rings is 1. The number of nitrogens with two attached hydrogens (primary N) is 1. The predicted octanol–water partition coefficient (Wildman–Crippen LogP) is 6.56. The summed E-state index contributed by atoms with van der Waals surface area (Å²) in [5.74, 6) is 9.00. The van der Waals surface area contributed by atoms with Crippen LogP contribution in [0.2, 0.25) is 0 Å². The van der Waals surface area contributed by atoms with Gasteiger partial charge in [-0.2, -0.15) is 0 Å². The molecule has 1 saturated heterocycles. The molecule has 0 radical (unpaired) electrons. The van der Waals surface area contributed by atoms with E-state index in [9.17, 15) is 30.3 Å². The van der Waals surface area contributed by atoms with Crippen molar-refractivity contribution < 1.29 is 39.9 Å². The molecule has 13 nitrogen and oxygen atoms in total. The number of hydrogen-bond donors (Lipinski definition) is 10. The van der Waals surface area contributed by atoms with Crippen molar-refractivity contribution in [2.24, 2.45) is 52.6 Å². The van der Waals surface area contributed by atoms with Crippen molar-refractivity contribution in [3.8, 4) is 23.3 Å². The second kappa shape index (κ2) is 21.5. The van der Waals surface area contributed by atoms with Crippen molar-refractivity contribution in [3.63, 3.8) is 0 Å². The Labute approximate surface area is 441 Å². The number of Topliss-reactive ketones (excluding diaryl/α,β-unsaturated/α-hetero) is 2. The molecule has 75 heavy (non-hydrogen) atoms. The van der Waals surface area contributed by atoms with E-state index in [1.165, 1.54) is 18.4 Å². The molecule has 11 N–H and O–H groups in total. The van der Waals surface area contributed by atoms with Crippen LogP contribution >= 0.6 is 0 Å². The first-order chi connectivity index (χ1) is 36.4. The minimum atomic E-state index is -1.37. The minimum Gasteiger partial charge on any atom is -0.504 e. The second-order valence-corrected chi connectivity index (χ2v) is 23.3. The van der Waals surface area contributed by atoms with Gasteiger partial charge in [0, 0.05) is 68.1 Å². The van der Waals surface area contributed by atoms with Gasteiger partial charge in [0.15, 0.2) is 17.3 Å². The van der Waals surface area contributed by atoms with E-state index in [1.807, 2.05) is 18.2 Å². The van der Waals surface area contributed by atoms with Crippen LogP contribution in [0.3, 0.4) is 0 Å². The number of benzene rings is 3. The molecule has 1 spiro atoms. The van der Waals surface area contributed by atoms with Gasteiger partial charge in [0.2, 0.25) is 0 Å². The number of dihydropyridines is 1. The summed E-state index contributed by atoms with van der Waals surface area (Å²) in [6, 6.07) is 20.1. The van der Waals surface area contributed by atoms with Crippen LogP contribution in [0.25, 0.3) is 10.8 Å². The standard InChI is InChI=1S/C62H77N5O8/c1-3-64-32-48-57(42(9-6-22-68)47-33-67-49-29-41(69)28-46-43-17-21-66-61(43)60(48)59(47)58(46)49)40-15-19-62(55(74)26-40)18-14-38(45-31-52(72)53(75-2)25-37(45)12-13-54(62)73)24-50(70)51(71)30-44(39-16-20-65-56(63)27-39)36-11-10-34-7-4-5-8-35(34)23-36/h4-5,7-8,10-11,16-17,21,23,25,27,31,38,40,42,44,46-51,55,57-60,64-68,70-72,74H,3,6,9,12-13,15,19-20,22,24,26,28-30,32-33,63H2,1-2H3. The van der Waals surface area contributed by atoms with Gasteiger partial charge in [-0.1, -0.05) is 67.3 Å². The molecule has 4 aromatic rings. The molecule has 1 aromatic heterocycles. The van der Waals surface area contributed by atoms with Crippen LogP contribution in [0.4, 0.5) is 0 Å². The number of aryl methyl sites for hydroxylation is 1. The van der Waals surface area contributed by atoms with Crippen LogP contribution in [-0.2, 0) is 16.0 Å². The Kier molecular flexibility index (Phi) is 14.8. The highest BCUT2D eigenvalue weighted by Crippen LogP contribution is 2.65. The van der Waals surface area contributed by atoms with Gasteiger partial charge in [-0.3, -0.25) is 9.59 Å². The Morgan fingerprint density at radius 2 is 1.81 bits per heavy atom. The number of ether oxygens (including phenoxy) is 1. The number of aliphatic hydroxyl groups excluding tert-OH is 4. The lowest BCUT2D eigenvalue weighted by Crippen LogP contribution is -2.65. The van der Waals surface area contributed by atoms with E-state index in [1.54, 1.807) is 12.1 Å². The number of methoxy groups -OCH3 is 1. The van der Waals surface area contributed by atoms with Crippen LogP contribution < -0.4 is 26.4 Å². The second-order valence-electron chi connectivity index (χ2n) is 23.3. The smallest absolute Gasteiger partial charge is 0.160 e. The number of nitrogens with one attached hydrogen (secondary N) is 4. The van der Waals surface area contributed by atoms with E-state index in [-0.39, 0.29) is 90.6 Å². The monoisotopic (exact) mass is 1020 g/mol. The maximum Gasteiger partial charge on any atom is 0.160 e. The predicted molar refractivity (Wildman–Crippen MR) is 289 cm³/mol. The third kappa shape index (κ3) is 9.52. The van der Waals surface area contributed by atoms with Crippen LogP contribution in [0.5, 0.6) is 11.5 Å².